The predicted octanol–water partition coefficient (Wildman–Crippen LogP) is 17.2. The monoisotopic (exact) mass is 830 g/mol. The smallest absolute Gasteiger partial charge is 0.0547 e. The zero-order valence-corrected chi connectivity index (χ0v) is 36.5. The molecule has 0 unspecified atom stereocenters. The molecule has 12 rings (SSSR count). The Morgan fingerprint density at radius 3 is 1.65 bits per heavy atom. The number of fused-ring (bicyclic) bond motifs is 6. The highest BCUT2D eigenvalue weighted by molar-refractivity contribution is 6.10. The minimum Gasteiger partial charge on any atom is -0.310 e. The molecule has 0 N–H and O–H groups in total. The molecule has 0 bridgehead atoms. The van der Waals surface area contributed by atoms with E-state index in [0.29, 0.717) is 0 Å². The number of aromatic nitrogens is 1. The Kier molecular flexibility index (Phi) is 9.21. The number of nitrogens with zero attached hydrogens (tertiary/aromatic N) is 2. The molecule has 0 saturated heterocycles. The maximum atomic E-state index is 2.49. The van der Waals surface area contributed by atoms with Gasteiger partial charge in [0.15, 0.2) is 0 Å². The van der Waals surface area contributed by atoms with Crippen molar-refractivity contribution in [1.29, 1.82) is 0 Å². The summed E-state index contributed by atoms with van der Waals surface area (Å²) in [7, 11) is 0. The summed E-state index contributed by atoms with van der Waals surface area (Å²) >= 11 is 0. The molecule has 0 saturated carbocycles. The first kappa shape index (κ1) is 38.5. The topological polar surface area (TPSA) is 8.17 Å². The van der Waals surface area contributed by atoms with Crippen molar-refractivity contribution in [2.75, 3.05) is 4.90 Å². The summed E-state index contributed by atoms with van der Waals surface area (Å²) in [6.07, 6.45) is 0. The summed E-state index contributed by atoms with van der Waals surface area (Å²) in [6, 6.07) is 88.9. The normalized spacial score (nSPS) is 12.6. The third-order valence-electron chi connectivity index (χ3n) is 13.6. The second-order valence-corrected chi connectivity index (χ2v) is 17.7. The zero-order valence-electron chi connectivity index (χ0n) is 36.5. The van der Waals surface area contributed by atoms with Crippen LogP contribution in [0, 0.1) is 0 Å². The maximum absolute atomic E-state index is 2.49. The fourth-order valence-electron chi connectivity index (χ4n) is 10.5. The van der Waals surface area contributed by atoms with Crippen molar-refractivity contribution in [3.05, 3.63) is 254 Å². The molecule has 1 heterocycles. The van der Waals surface area contributed by atoms with Crippen LogP contribution in [0.2, 0.25) is 0 Å². The van der Waals surface area contributed by atoms with E-state index in [4.69, 9.17) is 0 Å². The molecule has 0 spiro atoms. The predicted molar refractivity (Wildman–Crippen MR) is 275 cm³/mol. The van der Waals surface area contributed by atoms with Gasteiger partial charge in [0.05, 0.1) is 16.7 Å². The fourth-order valence-corrected chi connectivity index (χ4v) is 10.5. The molecule has 0 radical (unpaired) electrons. The van der Waals surface area contributed by atoms with Gasteiger partial charge in [0.25, 0.3) is 0 Å². The lowest BCUT2D eigenvalue weighted by Crippen LogP contribution is -2.17. The highest BCUT2D eigenvalue weighted by Gasteiger charge is 2.36. The van der Waals surface area contributed by atoms with Gasteiger partial charge in [0.2, 0.25) is 0 Å². The van der Waals surface area contributed by atoms with Gasteiger partial charge in [0.1, 0.15) is 0 Å². The third kappa shape index (κ3) is 6.40. The lowest BCUT2D eigenvalue weighted by atomic mass is 9.82. The number of benzene rings is 10. The van der Waals surface area contributed by atoms with Crippen molar-refractivity contribution >= 4 is 38.9 Å². The molecular formula is C63H46N2. The van der Waals surface area contributed by atoms with Crippen molar-refractivity contribution in [3.63, 3.8) is 0 Å². The molecule has 2 heteroatoms. The molecule has 10 aromatic carbocycles. The van der Waals surface area contributed by atoms with Crippen LogP contribution in [0.15, 0.2) is 243 Å². The molecule has 11 aromatic rings. The van der Waals surface area contributed by atoms with E-state index in [2.05, 4.69) is 266 Å². The third-order valence-corrected chi connectivity index (χ3v) is 13.6. The van der Waals surface area contributed by atoms with E-state index in [1.807, 2.05) is 0 Å². The summed E-state index contributed by atoms with van der Waals surface area (Å²) in [4.78, 5) is 2.49. The Morgan fingerprint density at radius 2 is 0.892 bits per heavy atom. The number of hydrogen-bond donors (Lipinski definition) is 0. The minimum atomic E-state index is -0.160. The summed E-state index contributed by atoms with van der Waals surface area (Å²) in [6.45, 7) is 4.73. The average Bonchev–Trinajstić information content (AvgIpc) is 3.82. The molecule has 308 valence electrons. The Bertz CT molecular complexity index is 3550. The van der Waals surface area contributed by atoms with Gasteiger partial charge in [0, 0.05) is 38.8 Å². The summed E-state index contributed by atoms with van der Waals surface area (Å²) in [5, 5.41) is 2.51. The van der Waals surface area contributed by atoms with E-state index in [-0.39, 0.29) is 5.41 Å². The van der Waals surface area contributed by atoms with Gasteiger partial charge in [-0.1, -0.05) is 202 Å². The molecule has 1 aromatic heterocycles. The van der Waals surface area contributed by atoms with Crippen molar-refractivity contribution in [3.8, 4) is 61.3 Å². The quantitative estimate of drug-likeness (QED) is 0.148. The average molecular weight is 831 g/mol. The van der Waals surface area contributed by atoms with E-state index < -0.39 is 0 Å². The largest absolute Gasteiger partial charge is 0.310 e. The molecule has 1 aliphatic rings. The van der Waals surface area contributed by atoms with Gasteiger partial charge in [-0.05, 0) is 116 Å². The van der Waals surface area contributed by atoms with Gasteiger partial charge < -0.3 is 9.47 Å². The first-order valence-electron chi connectivity index (χ1n) is 22.6. The summed E-state index contributed by atoms with van der Waals surface area (Å²) in [5.41, 5.74) is 21.5. The van der Waals surface area contributed by atoms with Gasteiger partial charge in [-0.15, -0.1) is 0 Å². The lowest BCUT2D eigenvalue weighted by molar-refractivity contribution is 0.660. The number of anilines is 3. The van der Waals surface area contributed by atoms with Crippen LogP contribution >= 0.6 is 0 Å². The Balaban J connectivity index is 1.07. The van der Waals surface area contributed by atoms with Crippen LogP contribution in [0.1, 0.15) is 25.0 Å². The number of rotatable bonds is 8. The highest BCUT2D eigenvalue weighted by atomic mass is 15.1. The molecule has 0 aliphatic heterocycles. The molecule has 1 aliphatic carbocycles. The molecule has 0 fully saturated rings. The SMILES string of the molecule is CC1(C)c2ccccc2-c2ccc(N(c3ccc(-c4ccc5c6ccccc6n(-c6ccccc6)c5c4)cc3)c3cccc(-c4ccccc4)c3-c3ccccc3-c3ccccc3)cc21. The maximum Gasteiger partial charge on any atom is 0.0547 e. The Labute approximate surface area is 381 Å². The van der Waals surface area contributed by atoms with Crippen molar-refractivity contribution in [1.82, 2.24) is 4.57 Å². The first-order chi connectivity index (χ1) is 32.0. The second-order valence-electron chi connectivity index (χ2n) is 17.7. The van der Waals surface area contributed by atoms with Crippen LogP contribution in [0.3, 0.4) is 0 Å². The molecule has 2 nitrogen and oxygen atoms in total. The molecule has 0 amide bonds. The lowest BCUT2D eigenvalue weighted by Gasteiger charge is -2.31. The van der Waals surface area contributed by atoms with Crippen LogP contribution in [0.4, 0.5) is 17.1 Å². The van der Waals surface area contributed by atoms with Gasteiger partial charge in [-0.3, -0.25) is 0 Å². The van der Waals surface area contributed by atoms with E-state index in [9.17, 15) is 0 Å². The van der Waals surface area contributed by atoms with Crippen LogP contribution in [0.25, 0.3) is 83.1 Å². The Morgan fingerprint density at radius 1 is 0.338 bits per heavy atom. The number of hydrogen-bond acceptors (Lipinski definition) is 1. The van der Waals surface area contributed by atoms with Gasteiger partial charge >= 0.3 is 0 Å². The van der Waals surface area contributed by atoms with Gasteiger partial charge in [-0.2, -0.15) is 0 Å². The number of para-hydroxylation sites is 2. The molecule has 0 atom stereocenters. The van der Waals surface area contributed by atoms with Gasteiger partial charge in [-0.25, -0.2) is 0 Å². The highest BCUT2D eigenvalue weighted by Crippen LogP contribution is 2.53. The van der Waals surface area contributed by atoms with Crippen molar-refractivity contribution in [2.45, 2.75) is 19.3 Å². The second kappa shape index (κ2) is 15.6. The Hall–Kier alpha value is -8.20. The van der Waals surface area contributed by atoms with Crippen LogP contribution in [0.5, 0.6) is 0 Å². The molecule has 65 heavy (non-hydrogen) atoms. The van der Waals surface area contributed by atoms with E-state index in [0.717, 1.165) is 22.7 Å². The van der Waals surface area contributed by atoms with Crippen molar-refractivity contribution < 1.29 is 0 Å². The summed E-state index contributed by atoms with van der Waals surface area (Å²) in [5.74, 6) is 0. The van der Waals surface area contributed by atoms with Crippen molar-refractivity contribution in [2.24, 2.45) is 0 Å². The summed E-state index contributed by atoms with van der Waals surface area (Å²) < 4.78 is 2.40. The van der Waals surface area contributed by atoms with E-state index in [1.54, 1.807) is 0 Å². The standard InChI is InChI=1S/C63H46N2/c1-63(2)57-30-16-14-26-52(57)53-40-38-49(42-58(53)63)64(60-32-18-29-51(45-21-8-4-9-22-45)62(60)56-28-13-12-25-50(56)44-19-6-3-7-20-44)48-36-33-43(34-37-48)46-35-39-55-54-27-15-17-31-59(54)65(61(55)41-46)47-23-10-5-11-24-47/h3-42H,1-2H3. The fraction of sp³-hybridized carbons (Fsp3) is 0.0476. The van der Waals surface area contributed by atoms with E-state index >= 15 is 0 Å². The zero-order chi connectivity index (χ0) is 43.5. The van der Waals surface area contributed by atoms with Crippen LogP contribution < -0.4 is 4.90 Å². The first-order valence-corrected chi connectivity index (χ1v) is 22.6. The van der Waals surface area contributed by atoms with E-state index in [1.165, 1.54) is 88.6 Å². The minimum absolute atomic E-state index is 0.160. The molecular weight excluding hydrogens is 785 g/mol. The van der Waals surface area contributed by atoms with Crippen LogP contribution in [-0.4, -0.2) is 4.57 Å². The van der Waals surface area contributed by atoms with Crippen LogP contribution in [-0.2, 0) is 5.41 Å².